The Morgan fingerprint density at radius 3 is 3.00 bits per heavy atom. The van der Waals surface area contributed by atoms with Crippen molar-refractivity contribution in [3.8, 4) is 0 Å². The molecule has 1 heterocycles. The van der Waals surface area contributed by atoms with Gasteiger partial charge in [-0.05, 0) is 39.8 Å². The molecule has 13 heavy (non-hydrogen) atoms. The highest BCUT2D eigenvalue weighted by atomic mass is 16.5. The van der Waals surface area contributed by atoms with Crippen molar-refractivity contribution in [1.82, 2.24) is 4.90 Å². The minimum Gasteiger partial charge on any atom is -0.375 e. The van der Waals surface area contributed by atoms with Crippen LogP contribution in [0.25, 0.3) is 0 Å². The molecule has 2 atom stereocenters. The van der Waals surface area contributed by atoms with Crippen LogP contribution in [-0.4, -0.2) is 43.8 Å². The SMILES string of the molecule is CC(N)COC1CCCCN(C)C1. The van der Waals surface area contributed by atoms with Crippen LogP contribution >= 0.6 is 0 Å². The van der Waals surface area contributed by atoms with Gasteiger partial charge in [0.2, 0.25) is 0 Å². The molecule has 0 aromatic heterocycles. The zero-order chi connectivity index (χ0) is 9.68. The summed E-state index contributed by atoms with van der Waals surface area (Å²) in [6.07, 6.45) is 4.18. The number of hydrogen-bond donors (Lipinski definition) is 1. The third-order valence-corrected chi connectivity index (χ3v) is 2.43. The summed E-state index contributed by atoms with van der Waals surface area (Å²) >= 11 is 0. The van der Waals surface area contributed by atoms with Crippen LogP contribution in [0.4, 0.5) is 0 Å². The van der Waals surface area contributed by atoms with Crippen LogP contribution < -0.4 is 5.73 Å². The predicted molar refractivity (Wildman–Crippen MR) is 54.7 cm³/mol. The van der Waals surface area contributed by atoms with Crippen molar-refractivity contribution in [3.63, 3.8) is 0 Å². The van der Waals surface area contributed by atoms with Crippen LogP contribution in [0, 0.1) is 0 Å². The van der Waals surface area contributed by atoms with Crippen LogP contribution in [0.15, 0.2) is 0 Å². The van der Waals surface area contributed by atoms with Gasteiger partial charge in [0, 0.05) is 12.6 Å². The molecular formula is C10H22N2O. The van der Waals surface area contributed by atoms with Gasteiger partial charge in [-0.2, -0.15) is 0 Å². The molecule has 2 N–H and O–H groups in total. The fraction of sp³-hybridized carbons (Fsp3) is 1.00. The molecule has 1 aliphatic heterocycles. The lowest BCUT2D eigenvalue weighted by Gasteiger charge is -2.21. The van der Waals surface area contributed by atoms with Crippen LogP contribution in [0.5, 0.6) is 0 Å². The third kappa shape index (κ3) is 4.60. The summed E-state index contributed by atoms with van der Waals surface area (Å²) in [6.45, 7) is 4.95. The van der Waals surface area contributed by atoms with Gasteiger partial charge >= 0.3 is 0 Å². The largest absolute Gasteiger partial charge is 0.375 e. The lowest BCUT2D eigenvalue weighted by molar-refractivity contribution is 0.0280. The van der Waals surface area contributed by atoms with E-state index in [-0.39, 0.29) is 6.04 Å². The normalized spacial score (nSPS) is 28.4. The second-order valence-electron chi connectivity index (χ2n) is 4.19. The Hall–Kier alpha value is -0.120. The average molecular weight is 186 g/mol. The van der Waals surface area contributed by atoms with Gasteiger partial charge in [-0.15, -0.1) is 0 Å². The molecule has 0 bridgehead atoms. The first-order valence-corrected chi connectivity index (χ1v) is 5.24. The molecule has 1 saturated heterocycles. The molecule has 2 unspecified atom stereocenters. The molecule has 0 aliphatic carbocycles. The first-order valence-electron chi connectivity index (χ1n) is 5.24. The quantitative estimate of drug-likeness (QED) is 0.709. The summed E-state index contributed by atoms with van der Waals surface area (Å²) in [5.41, 5.74) is 5.64. The highest BCUT2D eigenvalue weighted by molar-refractivity contribution is 4.69. The molecule has 0 saturated carbocycles. The summed E-state index contributed by atoms with van der Waals surface area (Å²) in [6, 6.07) is 0.161. The number of nitrogens with two attached hydrogens (primary N) is 1. The maximum absolute atomic E-state index is 5.73. The molecule has 0 aromatic rings. The van der Waals surface area contributed by atoms with Crippen molar-refractivity contribution in [2.75, 3.05) is 26.7 Å². The van der Waals surface area contributed by atoms with Gasteiger partial charge in [-0.3, -0.25) is 0 Å². The van der Waals surface area contributed by atoms with Crippen molar-refractivity contribution < 1.29 is 4.74 Å². The van der Waals surface area contributed by atoms with Gasteiger partial charge in [0.1, 0.15) is 0 Å². The number of rotatable bonds is 3. The molecule has 3 nitrogen and oxygen atoms in total. The van der Waals surface area contributed by atoms with E-state index in [1.54, 1.807) is 0 Å². The van der Waals surface area contributed by atoms with E-state index in [0.717, 1.165) is 6.54 Å². The second kappa shape index (κ2) is 5.58. The molecule has 3 heteroatoms. The van der Waals surface area contributed by atoms with Gasteiger partial charge in [0.15, 0.2) is 0 Å². The zero-order valence-electron chi connectivity index (χ0n) is 8.83. The van der Waals surface area contributed by atoms with E-state index < -0.39 is 0 Å². The molecule has 1 rings (SSSR count). The Morgan fingerprint density at radius 1 is 1.54 bits per heavy atom. The zero-order valence-corrected chi connectivity index (χ0v) is 8.83. The number of hydrogen-bond acceptors (Lipinski definition) is 3. The molecule has 0 aromatic carbocycles. The highest BCUT2D eigenvalue weighted by Crippen LogP contribution is 2.12. The first kappa shape index (κ1) is 11.0. The number of likely N-dealkylation sites (N-methyl/N-ethyl adjacent to an activating group) is 1. The lowest BCUT2D eigenvalue weighted by atomic mass is 10.2. The summed E-state index contributed by atoms with van der Waals surface area (Å²) < 4.78 is 5.73. The van der Waals surface area contributed by atoms with Crippen LogP contribution in [0.3, 0.4) is 0 Å². The van der Waals surface area contributed by atoms with Gasteiger partial charge in [-0.25, -0.2) is 0 Å². The maximum atomic E-state index is 5.73. The van der Waals surface area contributed by atoms with Crippen LogP contribution in [0.1, 0.15) is 26.2 Å². The minimum atomic E-state index is 0.161. The van der Waals surface area contributed by atoms with Crippen molar-refractivity contribution in [3.05, 3.63) is 0 Å². The average Bonchev–Trinajstić information content (AvgIpc) is 2.26. The molecule has 0 spiro atoms. The van der Waals surface area contributed by atoms with E-state index >= 15 is 0 Å². The standard InChI is InChI=1S/C10H22N2O/c1-9(11)8-13-10-5-3-4-6-12(2)7-10/h9-10H,3-8,11H2,1-2H3. The predicted octanol–water partition coefficient (Wildman–Crippen LogP) is 0.834. The van der Waals surface area contributed by atoms with Gasteiger partial charge < -0.3 is 15.4 Å². The Kier molecular flexibility index (Phi) is 4.70. The van der Waals surface area contributed by atoms with E-state index in [9.17, 15) is 0 Å². The Morgan fingerprint density at radius 2 is 2.31 bits per heavy atom. The second-order valence-corrected chi connectivity index (χ2v) is 4.19. The first-order chi connectivity index (χ1) is 6.18. The molecule has 0 amide bonds. The van der Waals surface area contributed by atoms with E-state index in [2.05, 4.69) is 11.9 Å². The highest BCUT2D eigenvalue weighted by Gasteiger charge is 2.15. The molecule has 1 fully saturated rings. The number of ether oxygens (including phenoxy) is 1. The van der Waals surface area contributed by atoms with E-state index in [4.69, 9.17) is 10.5 Å². The maximum Gasteiger partial charge on any atom is 0.0702 e. The lowest BCUT2D eigenvalue weighted by Crippen LogP contribution is -2.32. The fourth-order valence-corrected chi connectivity index (χ4v) is 1.71. The van der Waals surface area contributed by atoms with Crippen molar-refractivity contribution in [1.29, 1.82) is 0 Å². The molecular weight excluding hydrogens is 164 g/mol. The van der Waals surface area contributed by atoms with Crippen molar-refractivity contribution in [2.24, 2.45) is 5.73 Å². The van der Waals surface area contributed by atoms with Gasteiger partial charge in [0.05, 0.1) is 12.7 Å². The van der Waals surface area contributed by atoms with Crippen molar-refractivity contribution in [2.45, 2.75) is 38.3 Å². The summed E-state index contributed by atoms with van der Waals surface area (Å²) in [5, 5.41) is 0. The summed E-state index contributed by atoms with van der Waals surface area (Å²) in [4.78, 5) is 2.35. The molecule has 78 valence electrons. The van der Waals surface area contributed by atoms with Crippen LogP contribution in [0.2, 0.25) is 0 Å². The third-order valence-electron chi connectivity index (χ3n) is 2.43. The summed E-state index contributed by atoms with van der Waals surface area (Å²) in [7, 11) is 2.16. The van der Waals surface area contributed by atoms with Gasteiger partial charge in [-0.1, -0.05) is 0 Å². The van der Waals surface area contributed by atoms with E-state index in [1.807, 2.05) is 6.92 Å². The Bertz CT molecular complexity index is 139. The van der Waals surface area contributed by atoms with Crippen molar-refractivity contribution >= 4 is 0 Å². The smallest absolute Gasteiger partial charge is 0.0702 e. The minimum absolute atomic E-state index is 0.161. The Balaban J connectivity index is 2.22. The molecule has 0 radical (unpaired) electrons. The molecule has 1 aliphatic rings. The van der Waals surface area contributed by atoms with Gasteiger partial charge in [0.25, 0.3) is 0 Å². The monoisotopic (exact) mass is 186 g/mol. The van der Waals surface area contributed by atoms with E-state index in [0.29, 0.717) is 12.7 Å². The van der Waals surface area contributed by atoms with Crippen LogP contribution in [-0.2, 0) is 4.74 Å². The summed E-state index contributed by atoms with van der Waals surface area (Å²) in [5.74, 6) is 0. The Labute approximate surface area is 81.2 Å². The topological polar surface area (TPSA) is 38.5 Å². The fourth-order valence-electron chi connectivity index (χ4n) is 1.71. The number of likely N-dealkylation sites (tertiary alicyclic amines) is 1. The van der Waals surface area contributed by atoms with E-state index in [1.165, 1.54) is 25.8 Å². The number of nitrogens with zero attached hydrogens (tertiary/aromatic N) is 1.